The first-order valence-corrected chi connectivity index (χ1v) is 8.95. The molecule has 0 radical (unpaired) electrons. The van der Waals surface area contributed by atoms with E-state index >= 15 is 0 Å². The quantitative estimate of drug-likeness (QED) is 0.745. The van der Waals surface area contributed by atoms with Crippen LogP contribution in [-0.4, -0.2) is 24.4 Å². The van der Waals surface area contributed by atoms with E-state index in [1.165, 1.54) is 5.56 Å². The zero-order valence-electron chi connectivity index (χ0n) is 15.5. The summed E-state index contributed by atoms with van der Waals surface area (Å²) < 4.78 is 0. The summed E-state index contributed by atoms with van der Waals surface area (Å²) in [4.78, 5) is 24.2. The molecule has 0 unspecified atom stereocenters. The molecule has 0 aromatic heterocycles. The van der Waals surface area contributed by atoms with Crippen LogP contribution in [0.5, 0.6) is 0 Å². The van der Waals surface area contributed by atoms with Crippen LogP contribution in [0.1, 0.15) is 39.9 Å². The third kappa shape index (κ3) is 4.63. The molecule has 0 bridgehead atoms. The number of amides is 2. The maximum atomic E-state index is 12.2. The monoisotopic (exact) mass is 351 g/mol. The molecule has 1 fully saturated rings. The van der Waals surface area contributed by atoms with Crippen molar-refractivity contribution in [1.29, 1.82) is 0 Å². The first-order valence-electron chi connectivity index (χ1n) is 8.95. The Kier molecular flexibility index (Phi) is 5.26. The molecule has 0 spiro atoms. The standard InChI is InChI=1S/C21H25N3O2/c1-13-10-14(2)20(15(3)11-13)24-19(25)12-22-17-6-4-16(5-7-17)21(26)23-18-8-9-18/h4-7,10-11,18,22H,8-9,12H2,1-3H3,(H,23,26)(H,24,25). The van der Waals surface area contributed by atoms with Gasteiger partial charge in [0.2, 0.25) is 5.91 Å². The first kappa shape index (κ1) is 18.0. The van der Waals surface area contributed by atoms with Gasteiger partial charge in [-0.1, -0.05) is 17.7 Å². The van der Waals surface area contributed by atoms with Gasteiger partial charge in [0, 0.05) is 23.0 Å². The van der Waals surface area contributed by atoms with Crippen molar-refractivity contribution in [3.63, 3.8) is 0 Å². The highest BCUT2D eigenvalue weighted by Crippen LogP contribution is 2.22. The number of anilines is 2. The number of aryl methyl sites for hydroxylation is 3. The molecule has 1 aliphatic carbocycles. The minimum absolute atomic E-state index is 0.0397. The maximum Gasteiger partial charge on any atom is 0.251 e. The minimum atomic E-state index is -0.101. The van der Waals surface area contributed by atoms with Gasteiger partial charge in [0.15, 0.2) is 0 Å². The number of hydrogen-bond acceptors (Lipinski definition) is 3. The number of benzene rings is 2. The molecule has 0 aliphatic heterocycles. The number of hydrogen-bond donors (Lipinski definition) is 3. The normalized spacial score (nSPS) is 13.2. The van der Waals surface area contributed by atoms with Crippen molar-refractivity contribution in [2.45, 2.75) is 39.7 Å². The summed E-state index contributed by atoms with van der Waals surface area (Å²) in [5.41, 5.74) is 5.61. The molecule has 3 N–H and O–H groups in total. The molecule has 1 aliphatic rings. The van der Waals surface area contributed by atoms with Gasteiger partial charge < -0.3 is 16.0 Å². The number of carbonyl (C=O) groups is 2. The molecule has 0 atom stereocenters. The lowest BCUT2D eigenvalue weighted by Crippen LogP contribution is -2.25. The SMILES string of the molecule is Cc1cc(C)c(NC(=O)CNc2ccc(C(=O)NC3CC3)cc2)c(C)c1. The lowest BCUT2D eigenvalue weighted by Gasteiger charge is -2.13. The number of carbonyl (C=O) groups excluding carboxylic acids is 2. The smallest absolute Gasteiger partial charge is 0.251 e. The zero-order chi connectivity index (χ0) is 18.7. The van der Waals surface area contributed by atoms with Crippen LogP contribution in [-0.2, 0) is 4.79 Å². The van der Waals surface area contributed by atoms with Gasteiger partial charge in [-0.3, -0.25) is 9.59 Å². The number of rotatable bonds is 6. The van der Waals surface area contributed by atoms with Crippen LogP contribution >= 0.6 is 0 Å². The average molecular weight is 351 g/mol. The van der Waals surface area contributed by atoms with Gasteiger partial charge in [0.1, 0.15) is 0 Å². The second-order valence-electron chi connectivity index (χ2n) is 7.00. The molecule has 2 aromatic carbocycles. The molecular formula is C21H25N3O2. The van der Waals surface area contributed by atoms with Crippen molar-refractivity contribution in [1.82, 2.24) is 5.32 Å². The fourth-order valence-corrected chi connectivity index (χ4v) is 2.98. The zero-order valence-corrected chi connectivity index (χ0v) is 15.5. The summed E-state index contributed by atoms with van der Waals surface area (Å²) in [6.07, 6.45) is 2.14. The van der Waals surface area contributed by atoms with E-state index < -0.39 is 0 Å². The van der Waals surface area contributed by atoms with E-state index in [1.54, 1.807) is 12.1 Å². The van der Waals surface area contributed by atoms with Crippen molar-refractivity contribution in [2.75, 3.05) is 17.2 Å². The van der Waals surface area contributed by atoms with Crippen LogP contribution in [0.3, 0.4) is 0 Å². The van der Waals surface area contributed by atoms with Gasteiger partial charge in [-0.15, -0.1) is 0 Å². The summed E-state index contributed by atoms with van der Waals surface area (Å²) in [5, 5.41) is 9.02. The molecule has 26 heavy (non-hydrogen) atoms. The molecule has 2 aromatic rings. The third-order valence-electron chi connectivity index (χ3n) is 4.45. The van der Waals surface area contributed by atoms with Gasteiger partial charge in [-0.05, 0) is 69.0 Å². The van der Waals surface area contributed by atoms with E-state index in [0.717, 1.165) is 35.3 Å². The lowest BCUT2D eigenvalue weighted by atomic mass is 10.1. The summed E-state index contributed by atoms with van der Waals surface area (Å²) in [5.74, 6) is -0.141. The van der Waals surface area contributed by atoms with Crippen LogP contribution < -0.4 is 16.0 Å². The predicted molar refractivity (Wildman–Crippen MR) is 105 cm³/mol. The average Bonchev–Trinajstić information content (AvgIpc) is 3.40. The Bertz CT molecular complexity index is 801. The molecule has 3 rings (SSSR count). The molecule has 136 valence electrons. The van der Waals surface area contributed by atoms with Crippen LogP contribution in [0.25, 0.3) is 0 Å². The van der Waals surface area contributed by atoms with Crippen molar-refractivity contribution in [3.05, 3.63) is 58.7 Å². The molecule has 1 saturated carbocycles. The Morgan fingerprint density at radius 2 is 1.62 bits per heavy atom. The highest BCUT2D eigenvalue weighted by Gasteiger charge is 2.23. The molecule has 2 amide bonds. The van der Waals surface area contributed by atoms with Crippen LogP contribution in [0.2, 0.25) is 0 Å². The topological polar surface area (TPSA) is 70.2 Å². The fraction of sp³-hybridized carbons (Fsp3) is 0.333. The Labute approximate surface area is 154 Å². The van der Waals surface area contributed by atoms with Gasteiger partial charge in [-0.2, -0.15) is 0 Å². The van der Waals surface area contributed by atoms with Gasteiger partial charge >= 0.3 is 0 Å². The summed E-state index contributed by atoms with van der Waals surface area (Å²) in [6.45, 7) is 6.20. The highest BCUT2D eigenvalue weighted by atomic mass is 16.2. The highest BCUT2D eigenvalue weighted by molar-refractivity contribution is 5.96. The van der Waals surface area contributed by atoms with E-state index in [0.29, 0.717) is 11.6 Å². The Morgan fingerprint density at radius 1 is 1.00 bits per heavy atom. The van der Waals surface area contributed by atoms with Crippen molar-refractivity contribution in [3.8, 4) is 0 Å². The van der Waals surface area contributed by atoms with E-state index in [4.69, 9.17) is 0 Å². The van der Waals surface area contributed by atoms with Crippen molar-refractivity contribution in [2.24, 2.45) is 0 Å². The molecule has 5 heteroatoms. The first-order chi connectivity index (χ1) is 12.4. The molecule has 5 nitrogen and oxygen atoms in total. The fourth-order valence-electron chi connectivity index (χ4n) is 2.98. The van der Waals surface area contributed by atoms with Crippen molar-refractivity contribution < 1.29 is 9.59 Å². The van der Waals surface area contributed by atoms with Gasteiger partial charge in [0.05, 0.1) is 6.54 Å². The summed E-state index contributed by atoms with van der Waals surface area (Å²) in [7, 11) is 0. The Balaban J connectivity index is 1.53. The molecular weight excluding hydrogens is 326 g/mol. The van der Waals surface area contributed by atoms with Gasteiger partial charge in [0.25, 0.3) is 5.91 Å². The Hall–Kier alpha value is -2.82. The molecule has 0 saturated heterocycles. The van der Waals surface area contributed by atoms with E-state index in [9.17, 15) is 9.59 Å². The summed E-state index contributed by atoms with van der Waals surface area (Å²) in [6, 6.07) is 11.6. The second-order valence-corrected chi connectivity index (χ2v) is 7.00. The van der Waals surface area contributed by atoms with Crippen LogP contribution in [0.4, 0.5) is 11.4 Å². The van der Waals surface area contributed by atoms with Crippen molar-refractivity contribution >= 4 is 23.2 Å². The Morgan fingerprint density at radius 3 is 2.19 bits per heavy atom. The minimum Gasteiger partial charge on any atom is -0.376 e. The summed E-state index contributed by atoms with van der Waals surface area (Å²) >= 11 is 0. The maximum absolute atomic E-state index is 12.2. The van der Waals surface area contributed by atoms with E-state index in [-0.39, 0.29) is 18.4 Å². The molecule has 0 heterocycles. The number of nitrogens with one attached hydrogen (secondary N) is 3. The van der Waals surface area contributed by atoms with E-state index in [2.05, 4.69) is 28.1 Å². The van der Waals surface area contributed by atoms with Crippen LogP contribution in [0.15, 0.2) is 36.4 Å². The third-order valence-corrected chi connectivity index (χ3v) is 4.45. The largest absolute Gasteiger partial charge is 0.376 e. The second kappa shape index (κ2) is 7.60. The van der Waals surface area contributed by atoms with E-state index in [1.807, 2.05) is 32.9 Å². The lowest BCUT2D eigenvalue weighted by molar-refractivity contribution is -0.114. The van der Waals surface area contributed by atoms with Gasteiger partial charge in [-0.25, -0.2) is 0 Å². The van der Waals surface area contributed by atoms with Crippen LogP contribution in [0, 0.1) is 20.8 Å². The predicted octanol–water partition coefficient (Wildman–Crippen LogP) is 3.55.